The van der Waals surface area contributed by atoms with Crippen molar-refractivity contribution in [2.24, 2.45) is 0 Å². The quantitative estimate of drug-likeness (QED) is 0.436. The van der Waals surface area contributed by atoms with Crippen LogP contribution in [0.2, 0.25) is 0 Å². The average molecular weight is 342 g/mol. The van der Waals surface area contributed by atoms with Crippen molar-refractivity contribution in [2.45, 2.75) is 26.2 Å². The van der Waals surface area contributed by atoms with Gasteiger partial charge in [-0.25, -0.2) is 0 Å². The van der Waals surface area contributed by atoms with Crippen LogP contribution in [0.25, 0.3) is 33.4 Å². The van der Waals surface area contributed by atoms with Crippen molar-refractivity contribution in [1.29, 1.82) is 0 Å². The fourth-order valence-corrected chi connectivity index (χ4v) is 3.30. The van der Waals surface area contributed by atoms with E-state index in [4.69, 9.17) is 4.42 Å². The van der Waals surface area contributed by atoms with Gasteiger partial charge in [0.05, 0.1) is 0 Å². The minimum absolute atomic E-state index is 0.0657. The number of phenolic OH excluding ortho intramolecular Hbond substituents is 1. The fraction of sp³-hybridized carbons (Fsp3) is 0.167. The van der Waals surface area contributed by atoms with Crippen LogP contribution in [0.15, 0.2) is 77.2 Å². The van der Waals surface area contributed by atoms with Gasteiger partial charge in [0, 0.05) is 16.5 Å². The maximum absolute atomic E-state index is 10.7. The average Bonchev–Trinajstić information content (AvgIpc) is 3.02. The molecular weight excluding hydrogens is 320 g/mol. The normalized spacial score (nSPS) is 11.8. The second-order valence-corrected chi connectivity index (χ2v) is 7.66. The summed E-state index contributed by atoms with van der Waals surface area (Å²) in [5.74, 6) is 0.972. The molecule has 0 aliphatic carbocycles. The molecule has 1 N–H and O–H groups in total. The molecule has 2 heteroatoms. The van der Waals surface area contributed by atoms with Crippen LogP contribution in [0, 0.1) is 0 Å². The number of benzene rings is 3. The Morgan fingerprint density at radius 1 is 0.769 bits per heavy atom. The van der Waals surface area contributed by atoms with E-state index in [1.807, 2.05) is 54.6 Å². The lowest BCUT2D eigenvalue weighted by Crippen LogP contribution is -2.10. The van der Waals surface area contributed by atoms with Crippen LogP contribution in [0.4, 0.5) is 0 Å². The zero-order chi connectivity index (χ0) is 18.3. The SMILES string of the molecule is CC(C)(C)c1cc(O)c2oc(-c3ccccc3)c(-c3ccccc3)c2c1. The van der Waals surface area contributed by atoms with Gasteiger partial charge in [-0.1, -0.05) is 81.4 Å². The van der Waals surface area contributed by atoms with Crippen LogP contribution in [-0.4, -0.2) is 5.11 Å². The monoisotopic (exact) mass is 342 g/mol. The molecule has 0 atom stereocenters. The van der Waals surface area contributed by atoms with Crippen LogP contribution in [0.1, 0.15) is 26.3 Å². The van der Waals surface area contributed by atoms with Crippen molar-refractivity contribution in [3.05, 3.63) is 78.4 Å². The molecule has 1 heterocycles. The first kappa shape index (κ1) is 16.5. The van der Waals surface area contributed by atoms with Crippen molar-refractivity contribution in [3.8, 4) is 28.2 Å². The summed E-state index contributed by atoms with van der Waals surface area (Å²) in [5, 5.41) is 11.6. The summed E-state index contributed by atoms with van der Waals surface area (Å²) in [7, 11) is 0. The van der Waals surface area contributed by atoms with Crippen molar-refractivity contribution >= 4 is 11.0 Å². The largest absolute Gasteiger partial charge is 0.504 e. The molecule has 0 radical (unpaired) electrons. The van der Waals surface area contributed by atoms with Crippen LogP contribution >= 0.6 is 0 Å². The van der Waals surface area contributed by atoms with E-state index in [9.17, 15) is 5.11 Å². The lowest BCUT2D eigenvalue weighted by molar-refractivity contribution is 0.463. The highest BCUT2D eigenvalue weighted by Gasteiger charge is 2.23. The van der Waals surface area contributed by atoms with Gasteiger partial charge in [0.15, 0.2) is 11.3 Å². The van der Waals surface area contributed by atoms with E-state index in [1.54, 1.807) is 0 Å². The molecule has 0 saturated carbocycles. The fourth-order valence-electron chi connectivity index (χ4n) is 3.30. The summed E-state index contributed by atoms with van der Waals surface area (Å²) >= 11 is 0. The Balaban J connectivity index is 2.10. The zero-order valence-corrected chi connectivity index (χ0v) is 15.3. The van der Waals surface area contributed by atoms with Gasteiger partial charge in [-0.3, -0.25) is 0 Å². The Labute approximate surface area is 153 Å². The van der Waals surface area contributed by atoms with E-state index >= 15 is 0 Å². The number of hydrogen-bond acceptors (Lipinski definition) is 2. The van der Waals surface area contributed by atoms with E-state index in [-0.39, 0.29) is 11.2 Å². The molecule has 1 aromatic heterocycles. The third-order valence-corrected chi connectivity index (χ3v) is 4.73. The van der Waals surface area contributed by atoms with E-state index in [0.29, 0.717) is 5.58 Å². The summed E-state index contributed by atoms with van der Waals surface area (Å²) in [4.78, 5) is 0. The minimum atomic E-state index is -0.0657. The van der Waals surface area contributed by atoms with Crippen LogP contribution in [-0.2, 0) is 5.41 Å². The molecule has 0 spiro atoms. The maximum atomic E-state index is 10.7. The first-order valence-electron chi connectivity index (χ1n) is 8.86. The van der Waals surface area contributed by atoms with Gasteiger partial charge >= 0.3 is 0 Å². The first-order chi connectivity index (χ1) is 12.4. The molecule has 0 bridgehead atoms. The van der Waals surface area contributed by atoms with Crippen molar-refractivity contribution in [3.63, 3.8) is 0 Å². The molecule has 0 fully saturated rings. The molecule has 4 aromatic rings. The Bertz CT molecular complexity index is 1050. The van der Waals surface area contributed by atoms with Gasteiger partial charge in [-0.2, -0.15) is 0 Å². The molecule has 0 unspecified atom stereocenters. The molecule has 0 aliphatic heterocycles. The summed E-state index contributed by atoms with van der Waals surface area (Å²) in [6.45, 7) is 6.44. The molecule has 3 aromatic carbocycles. The van der Waals surface area contributed by atoms with E-state index in [1.165, 1.54) is 0 Å². The minimum Gasteiger partial charge on any atom is -0.504 e. The Morgan fingerprint density at radius 2 is 1.35 bits per heavy atom. The molecule has 0 amide bonds. The number of rotatable bonds is 2. The van der Waals surface area contributed by atoms with E-state index in [2.05, 4.69) is 39.0 Å². The number of phenols is 1. The predicted molar refractivity (Wildman–Crippen MR) is 107 cm³/mol. The highest BCUT2D eigenvalue weighted by atomic mass is 16.4. The predicted octanol–water partition coefficient (Wildman–Crippen LogP) is 6.77. The molecule has 2 nitrogen and oxygen atoms in total. The van der Waals surface area contributed by atoms with Crippen LogP contribution in [0.5, 0.6) is 5.75 Å². The van der Waals surface area contributed by atoms with Gasteiger partial charge in [-0.15, -0.1) is 0 Å². The second-order valence-electron chi connectivity index (χ2n) is 7.66. The molecule has 0 saturated heterocycles. The van der Waals surface area contributed by atoms with E-state index < -0.39 is 0 Å². The Kier molecular flexibility index (Phi) is 3.84. The van der Waals surface area contributed by atoms with Gasteiger partial charge < -0.3 is 9.52 Å². The molecule has 26 heavy (non-hydrogen) atoms. The van der Waals surface area contributed by atoms with Gasteiger partial charge in [0.25, 0.3) is 0 Å². The molecule has 4 rings (SSSR count). The smallest absolute Gasteiger partial charge is 0.177 e. The first-order valence-corrected chi connectivity index (χ1v) is 8.86. The molecule has 130 valence electrons. The van der Waals surface area contributed by atoms with Crippen molar-refractivity contribution in [1.82, 2.24) is 0 Å². The van der Waals surface area contributed by atoms with Gasteiger partial charge in [-0.05, 0) is 28.7 Å². The summed E-state index contributed by atoms with van der Waals surface area (Å²) in [5.41, 5.74) is 4.66. The standard InChI is InChI=1S/C24H22O2/c1-24(2,3)18-14-19-21(16-10-6-4-7-11-16)22(17-12-8-5-9-13-17)26-23(19)20(25)15-18/h4-15,25H,1-3H3. The highest BCUT2D eigenvalue weighted by Crippen LogP contribution is 2.45. The lowest BCUT2D eigenvalue weighted by atomic mass is 9.85. The summed E-state index contributed by atoms with van der Waals surface area (Å²) in [6.07, 6.45) is 0. The van der Waals surface area contributed by atoms with E-state index in [0.717, 1.165) is 33.4 Å². The zero-order valence-electron chi connectivity index (χ0n) is 15.3. The topological polar surface area (TPSA) is 33.4 Å². The van der Waals surface area contributed by atoms with Crippen LogP contribution in [0.3, 0.4) is 0 Å². The number of fused-ring (bicyclic) bond motifs is 1. The molecule has 0 aliphatic rings. The van der Waals surface area contributed by atoms with Crippen molar-refractivity contribution < 1.29 is 9.52 Å². The number of aromatic hydroxyl groups is 1. The Morgan fingerprint density at radius 3 is 1.92 bits per heavy atom. The Hall–Kier alpha value is -3.00. The number of hydrogen-bond donors (Lipinski definition) is 1. The lowest BCUT2D eigenvalue weighted by Gasteiger charge is -2.19. The summed E-state index contributed by atoms with van der Waals surface area (Å²) < 4.78 is 6.19. The highest BCUT2D eigenvalue weighted by molar-refractivity contribution is 6.04. The maximum Gasteiger partial charge on any atom is 0.177 e. The third kappa shape index (κ3) is 2.78. The van der Waals surface area contributed by atoms with Gasteiger partial charge in [0.1, 0.15) is 5.76 Å². The van der Waals surface area contributed by atoms with Gasteiger partial charge in [0.2, 0.25) is 0 Å². The van der Waals surface area contributed by atoms with Crippen molar-refractivity contribution in [2.75, 3.05) is 0 Å². The number of furan rings is 1. The van der Waals surface area contributed by atoms with Crippen LogP contribution < -0.4 is 0 Å². The molecular formula is C24H22O2. The third-order valence-electron chi connectivity index (χ3n) is 4.73. The second kappa shape index (κ2) is 6.06. The summed E-state index contributed by atoms with van der Waals surface area (Å²) in [6, 6.07) is 24.2.